The van der Waals surface area contributed by atoms with Crippen molar-refractivity contribution in [3.63, 3.8) is 0 Å². The third-order valence-corrected chi connectivity index (χ3v) is 3.75. The molecule has 0 amide bonds. The van der Waals surface area contributed by atoms with Gasteiger partial charge in [0.25, 0.3) is 0 Å². The van der Waals surface area contributed by atoms with Gasteiger partial charge in [-0.25, -0.2) is 4.39 Å². The van der Waals surface area contributed by atoms with Gasteiger partial charge >= 0.3 is 0 Å². The molecule has 2 N–H and O–H groups in total. The van der Waals surface area contributed by atoms with E-state index in [1.54, 1.807) is 13.2 Å². The van der Waals surface area contributed by atoms with Crippen molar-refractivity contribution in [3.8, 4) is 16.9 Å². The zero-order valence-corrected chi connectivity index (χ0v) is 12.8. The Balaban J connectivity index is 2.25. The van der Waals surface area contributed by atoms with Gasteiger partial charge in [-0.2, -0.15) is 0 Å². The second kappa shape index (κ2) is 6.72. The minimum absolute atomic E-state index is 0.152. The molecule has 0 saturated heterocycles. The quantitative estimate of drug-likeness (QED) is 0.901. The third-order valence-electron chi connectivity index (χ3n) is 3.75. The average molecular weight is 287 g/mol. The lowest BCUT2D eigenvalue weighted by Crippen LogP contribution is -2.28. The first-order valence-electron chi connectivity index (χ1n) is 7.19. The number of nitrogens with two attached hydrogens (primary N) is 1. The van der Waals surface area contributed by atoms with Gasteiger partial charge in [0.15, 0.2) is 0 Å². The van der Waals surface area contributed by atoms with Gasteiger partial charge in [-0.1, -0.05) is 38.1 Å². The lowest BCUT2D eigenvalue weighted by molar-refractivity contribution is 0.415. The SMILES string of the molecule is COc1ccc(F)cc1-c1ccc(CC(N)C(C)C)cc1. The molecule has 2 aromatic rings. The molecule has 1 unspecified atom stereocenters. The number of methoxy groups -OCH3 is 1. The molecule has 0 radical (unpaired) electrons. The van der Waals surface area contributed by atoms with Crippen molar-refractivity contribution in [2.75, 3.05) is 7.11 Å². The average Bonchev–Trinajstić information content (AvgIpc) is 2.48. The summed E-state index contributed by atoms with van der Waals surface area (Å²) in [5, 5.41) is 0. The van der Waals surface area contributed by atoms with Crippen molar-refractivity contribution in [2.45, 2.75) is 26.3 Å². The van der Waals surface area contributed by atoms with Crippen LogP contribution in [-0.4, -0.2) is 13.2 Å². The van der Waals surface area contributed by atoms with Crippen LogP contribution in [0.25, 0.3) is 11.1 Å². The highest BCUT2D eigenvalue weighted by atomic mass is 19.1. The standard InChI is InChI=1S/C18H22FNO/c1-12(2)17(20)10-13-4-6-14(7-5-13)16-11-15(19)8-9-18(16)21-3/h4-9,11-12,17H,10,20H2,1-3H3. The highest BCUT2D eigenvalue weighted by molar-refractivity contribution is 5.70. The first-order chi connectivity index (χ1) is 10.0. The van der Waals surface area contributed by atoms with Gasteiger partial charge in [0.2, 0.25) is 0 Å². The summed E-state index contributed by atoms with van der Waals surface area (Å²) in [6, 6.07) is 12.8. The maximum atomic E-state index is 13.4. The molecule has 0 spiro atoms. The summed E-state index contributed by atoms with van der Waals surface area (Å²) in [6.45, 7) is 4.24. The molecule has 0 aliphatic carbocycles. The molecule has 1 atom stereocenters. The third kappa shape index (κ3) is 3.82. The van der Waals surface area contributed by atoms with Crippen LogP contribution in [0.15, 0.2) is 42.5 Å². The summed E-state index contributed by atoms with van der Waals surface area (Å²) in [5.74, 6) is 0.854. The minimum atomic E-state index is -0.267. The molecule has 0 bridgehead atoms. The van der Waals surface area contributed by atoms with Gasteiger partial charge in [0.1, 0.15) is 11.6 Å². The molecule has 0 aromatic heterocycles. The Hall–Kier alpha value is -1.87. The van der Waals surface area contributed by atoms with E-state index in [4.69, 9.17) is 10.5 Å². The smallest absolute Gasteiger partial charge is 0.126 e. The van der Waals surface area contributed by atoms with Crippen molar-refractivity contribution in [1.29, 1.82) is 0 Å². The van der Waals surface area contributed by atoms with Gasteiger partial charge in [-0.15, -0.1) is 0 Å². The van der Waals surface area contributed by atoms with Crippen molar-refractivity contribution in [1.82, 2.24) is 0 Å². The van der Waals surface area contributed by atoms with Crippen molar-refractivity contribution in [3.05, 3.63) is 53.8 Å². The topological polar surface area (TPSA) is 35.2 Å². The van der Waals surface area contributed by atoms with Crippen molar-refractivity contribution >= 4 is 0 Å². The monoisotopic (exact) mass is 287 g/mol. The summed E-state index contributed by atoms with van der Waals surface area (Å²) in [7, 11) is 1.59. The normalized spacial score (nSPS) is 12.5. The first-order valence-corrected chi connectivity index (χ1v) is 7.19. The van der Waals surface area contributed by atoms with Crippen LogP contribution in [0.5, 0.6) is 5.75 Å². The Bertz CT molecular complexity index is 593. The number of benzene rings is 2. The Morgan fingerprint density at radius 3 is 2.33 bits per heavy atom. The fraction of sp³-hybridized carbons (Fsp3) is 0.333. The fourth-order valence-electron chi connectivity index (χ4n) is 2.23. The Morgan fingerprint density at radius 1 is 1.10 bits per heavy atom. The molecule has 0 aliphatic rings. The molecule has 0 heterocycles. The van der Waals surface area contributed by atoms with Crippen LogP contribution in [0, 0.1) is 11.7 Å². The van der Waals surface area contributed by atoms with Crippen LogP contribution < -0.4 is 10.5 Å². The van der Waals surface area contributed by atoms with Crippen LogP contribution >= 0.6 is 0 Å². The van der Waals surface area contributed by atoms with E-state index in [1.807, 2.05) is 24.3 Å². The Labute approximate surface area is 125 Å². The zero-order chi connectivity index (χ0) is 15.4. The largest absolute Gasteiger partial charge is 0.496 e. The number of halogens is 1. The molecule has 2 nitrogen and oxygen atoms in total. The molecule has 0 aliphatic heterocycles. The maximum Gasteiger partial charge on any atom is 0.126 e. The number of rotatable bonds is 5. The molecular weight excluding hydrogens is 265 g/mol. The summed E-state index contributed by atoms with van der Waals surface area (Å²) >= 11 is 0. The highest BCUT2D eigenvalue weighted by Crippen LogP contribution is 2.30. The van der Waals surface area contributed by atoms with Gasteiger partial charge in [-0.05, 0) is 41.7 Å². The summed E-state index contributed by atoms with van der Waals surface area (Å²) in [4.78, 5) is 0. The molecule has 2 rings (SSSR count). The van der Waals surface area contributed by atoms with Gasteiger partial charge < -0.3 is 10.5 Å². The van der Waals surface area contributed by atoms with E-state index >= 15 is 0 Å². The molecule has 2 aromatic carbocycles. The Kier molecular flexibility index (Phi) is 4.97. The second-order valence-corrected chi connectivity index (χ2v) is 5.65. The number of hydrogen-bond acceptors (Lipinski definition) is 2. The van der Waals surface area contributed by atoms with E-state index in [0.29, 0.717) is 11.7 Å². The fourth-order valence-corrected chi connectivity index (χ4v) is 2.23. The zero-order valence-electron chi connectivity index (χ0n) is 12.8. The van der Waals surface area contributed by atoms with Gasteiger partial charge in [0, 0.05) is 11.6 Å². The van der Waals surface area contributed by atoms with E-state index < -0.39 is 0 Å². The maximum absolute atomic E-state index is 13.4. The highest BCUT2D eigenvalue weighted by Gasteiger charge is 2.10. The number of ether oxygens (including phenoxy) is 1. The van der Waals surface area contributed by atoms with Crippen LogP contribution in [0.3, 0.4) is 0 Å². The van der Waals surface area contributed by atoms with E-state index in [1.165, 1.54) is 17.7 Å². The van der Waals surface area contributed by atoms with E-state index in [-0.39, 0.29) is 11.9 Å². The molecular formula is C18H22FNO. The van der Waals surface area contributed by atoms with E-state index in [2.05, 4.69) is 13.8 Å². The van der Waals surface area contributed by atoms with Crippen molar-refractivity contribution < 1.29 is 9.13 Å². The van der Waals surface area contributed by atoms with E-state index in [0.717, 1.165) is 17.5 Å². The number of hydrogen-bond donors (Lipinski definition) is 1. The van der Waals surface area contributed by atoms with Gasteiger partial charge in [-0.3, -0.25) is 0 Å². The predicted molar refractivity (Wildman–Crippen MR) is 84.9 cm³/mol. The van der Waals surface area contributed by atoms with Crippen LogP contribution in [0.4, 0.5) is 4.39 Å². The lowest BCUT2D eigenvalue weighted by Gasteiger charge is -2.16. The van der Waals surface area contributed by atoms with E-state index in [9.17, 15) is 4.39 Å². The molecule has 0 fully saturated rings. The molecule has 3 heteroatoms. The molecule has 0 saturated carbocycles. The summed E-state index contributed by atoms with van der Waals surface area (Å²) in [6.07, 6.45) is 0.845. The van der Waals surface area contributed by atoms with Crippen LogP contribution in [0.2, 0.25) is 0 Å². The summed E-state index contributed by atoms with van der Waals surface area (Å²) < 4.78 is 18.7. The molecule has 112 valence electrons. The van der Waals surface area contributed by atoms with Crippen LogP contribution in [-0.2, 0) is 6.42 Å². The van der Waals surface area contributed by atoms with Crippen molar-refractivity contribution in [2.24, 2.45) is 11.7 Å². The van der Waals surface area contributed by atoms with Gasteiger partial charge in [0.05, 0.1) is 7.11 Å². The molecule has 21 heavy (non-hydrogen) atoms. The summed E-state index contributed by atoms with van der Waals surface area (Å²) in [5.41, 5.74) is 8.98. The lowest BCUT2D eigenvalue weighted by atomic mass is 9.95. The predicted octanol–water partition coefficient (Wildman–Crippen LogP) is 4.03. The minimum Gasteiger partial charge on any atom is -0.496 e. The first kappa shape index (κ1) is 15.5. The second-order valence-electron chi connectivity index (χ2n) is 5.65. The van der Waals surface area contributed by atoms with Crippen LogP contribution in [0.1, 0.15) is 19.4 Å². The Morgan fingerprint density at radius 2 is 1.76 bits per heavy atom.